The van der Waals surface area contributed by atoms with Gasteiger partial charge in [0.15, 0.2) is 0 Å². The van der Waals surface area contributed by atoms with Crippen LogP contribution in [0, 0.1) is 0 Å². The van der Waals surface area contributed by atoms with E-state index in [0.717, 1.165) is 17.1 Å². The first-order chi connectivity index (χ1) is 7.20. The molecule has 3 heteroatoms. The lowest BCUT2D eigenvalue weighted by Gasteiger charge is -2.11. The third-order valence-corrected chi connectivity index (χ3v) is 2.83. The molecule has 0 radical (unpaired) electrons. The van der Waals surface area contributed by atoms with E-state index in [1.165, 1.54) is 5.39 Å². The van der Waals surface area contributed by atoms with Crippen molar-refractivity contribution in [3.05, 3.63) is 35.5 Å². The third-order valence-electron chi connectivity index (χ3n) is 2.59. The number of rotatable bonds is 3. The van der Waals surface area contributed by atoms with Crippen LogP contribution in [0.25, 0.3) is 10.9 Å². The minimum Gasteiger partial charge on any atom is -0.380 e. The summed E-state index contributed by atoms with van der Waals surface area (Å²) in [5.41, 5.74) is 1.16. The number of hydrogen-bond acceptors (Lipinski definition) is 1. The summed E-state index contributed by atoms with van der Waals surface area (Å²) in [7, 11) is 1.73. The molecule has 0 saturated carbocycles. The van der Waals surface area contributed by atoms with Gasteiger partial charge < -0.3 is 9.30 Å². The van der Waals surface area contributed by atoms with Gasteiger partial charge in [-0.2, -0.15) is 0 Å². The van der Waals surface area contributed by atoms with Gasteiger partial charge in [-0.25, -0.2) is 0 Å². The minimum absolute atomic E-state index is 0.208. The molecule has 0 fully saturated rings. The summed E-state index contributed by atoms with van der Waals surface area (Å²) in [6.45, 7) is 2.90. The van der Waals surface area contributed by atoms with Gasteiger partial charge in [-0.15, -0.1) is 0 Å². The topological polar surface area (TPSA) is 14.2 Å². The predicted octanol–water partition coefficient (Wildman–Crippen LogP) is 3.33. The Bertz CT molecular complexity index is 464. The third kappa shape index (κ3) is 2.16. The molecule has 1 aromatic heterocycles. The van der Waals surface area contributed by atoms with Crippen LogP contribution in [-0.4, -0.2) is 17.8 Å². The van der Waals surface area contributed by atoms with Crippen LogP contribution in [-0.2, 0) is 11.3 Å². The first-order valence-electron chi connectivity index (χ1n) is 4.98. The van der Waals surface area contributed by atoms with Crippen LogP contribution in [0.4, 0.5) is 0 Å². The second-order valence-electron chi connectivity index (χ2n) is 3.72. The normalized spacial score (nSPS) is 13.3. The highest BCUT2D eigenvalue weighted by molar-refractivity contribution is 6.31. The Kier molecular flexibility index (Phi) is 2.98. The zero-order valence-electron chi connectivity index (χ0n) is 8.90. The smallest absolute Gasteiger partial charge is 0.0722 e. The van der Waals surface area contributed by atoms with Gasteiger partial charge in [-0.3, -0.25) is 0 Å². The molecule has 0 aliphatic rings. The summed E-state index contributed by atoms with van der Waals surface area (Å²) in [5, 5.41) is 1.98. The number of ether oxygens (including phenoxy) is 1. The van der Waals surface area contributed by atoms with E-state index in [-0.39, 0.29) is 6.10 Å². The molecular weight excluding hydrogens is 210 g/mol. The first-order valence-corrected chi connectivity index (χ1v) is 5.35. The largest absolute Gasteiger partial charge is 0.380 e. The van der Waals surface area contributed by atoms with Crippen molar-refractivity contribution in [2.45, 2.75) is 19.6 Å². The fourth-order valence-corrected chi connectivity index (χ4v) is 1.83. The van der Waals surface area contributed by atoms with Crippen molar-refractivity contribution in [2.24, 2.45) is 0 Å². The van der Waals surface area contributed by atoms with Crippen LogP contribution in [0.2, 0.25) is 5.02 Å². The molecule has 80 valence electrons. The number of fused-ring (bicyclic) bond motifs is 1. The van der Waals surface area contributed by atoms with E-state index in [1.54, 1.807) is 7.11 Å². The number of nitrogens with zero attached hydrogens (tertiary/aromatic N) is 1. The van der Waals surface area contributed by atoms with Gasteiger partial charge in [0.25, 0.3) is 0 Å². The summed E-state index contributed by atoms with van der Waals surface area (Å²) < 4.78 is 7.41. The average molecular weight is 224 g/mol. The zero-order valence-corrected chi connectivity index (χ0v) is 9.66. The lowest BCUT2D eigenvalue weighted by atomic mass is 10.2. The van der Waals surface area contributed by atoms with E-state index >= 15 is 0 Å². The Hall–Kier alpha value is -0.990. The molecular formula is C12H14ClNO. The number of aromatic nitrogens is 1. The molecule has 0 spiro atoms. The molecule has 15 heavy (non-hydrogen) atoms. The maximum atomic E-state index is 5.97. The molecule has 2 aromatic rings. The average Bonchev–Trinajstić information content (AvgIpc) is 2.61. The molecule has 1 aromatic carbocycles. The minimum atomic E-state index is 0.208. The van der Waals surface area contributed by atoms with Crippen LogP contribution in [0.1, 0.15) is 6.92 Å². The maximum Gasteiger partial charge on any atom is 0.0722 e. The van der Waals surface area contributed by atoms with Gasteiger partial charge in [0.05, 0.1) is 6.10 Å². The Morgan fingerprint density at radius 2 is 2.20 bits per heavy atom. The van der Waals surface area contributed by atoms with Crippen LogP contribution < -0.4 is 0 Å². The Labute approximate surface area is 94.4 Å². The lowest BCUT2D eigenvalue weighted by molar-refractivity contribution is 0.104. The van der Waals surface area contributed by atoms with E-state index < -0.39 is 0 Å². The molecule has 1 heterocycles. The van der Waals surface area contributed by atoms with Gasteiger partial charge >= 0.3 is 0 Å². The van der Waals surface area contributed by atoms with Crippen LogP contribution in [0.15, 0.2) is 30.5 Å². The SMILES string of the molecule is COC(C)Cn1ccc2ccc(Cl)cc21. The van der Waals surface area contributed by atoms with Crippen molar-refractivity contribution in [1.29, 1.82) is 0 Å². The summed E-state index contributed by atoms with van der Waals surface area (Å²) in [6, 6.07) is 8.02. The van der Waals surface area contributed by atoms with Gasteiger partial charge in [0.1, 0.15) is 0 Å². The van der Waals surface area contributed by atoms with Crippen molar-refractivity contribution in [3.63, 3.8) is 0 Å². The second kappa shape index (κ2) is 4.25. The summed E-state index contributed by atoms with van der Waals surface area (Å²) in [4.78, 5) is 0. The van der Waals surface area contributed by atoms with Crippen molar-refractivity contribution in [2.75, 3.05) is 7.11 Å². The van der Waals surface area contributed by atoms with E-state index in [0.29, 0.717) is 0 Å². The van der Waals surface area contributed by atoms with Crippen molar-refractivity contribution < 1.29 is 4.74 Å². The number of hydrogen-bond donors (Lipinski definition) is 0. The standard InChI is InChI=1S/C12H14ClNO/c1-9(15-2)8-14-6-5-10-3-4-11(13)7-12(10)14/h3-7,9H,8H2,1-2H3. The van der Waals surface area contributed by atoms with Gasteiger partial charge in [-0.1, -0.05) is 17.7 Å². The van der Waals surface area contributed by atoms with Gasteiger partial charge in [-0.05, 0) is 30.5 Å². The molecule has 1 atom stereocenters. The van der Waals surface area contributed by atoms with Crippen LogP contribution in [0.3, 0.4) is 0 Å². The predicted molar refractivity (Wildman–Crippen MR) is 63.4 cm³/mol. The zero-order chi connectivity index (χ0) is 10.8. The molecule has 0 bridgehead atoms. The lowest BCUT2D eigenvalue weighted by Crippen LogP contribution is -2.13. The Balaban J connectivity index is 2.39. The molecule has 2 rings (SSSR count). The highest BCUT2D eigenvalue weighted by Gasteiger charge is 2.05. The fraction of sp³-hybridized carbons (Fsp3) is 0.333. The molecule has 0 amide bonds. The summed E-state index contributed by atoms with van der Waals surface area (Å²) >= 11 is 5.97. The van der Waals surface area contributed by atoms with E-state index in [2.05, 4.69) is 23.8 Å². The fourth-order valence-electron chi connectivity index (χ4n) is 1.67. The van der Waals surface area contributed by atoms with Crippen molar-refractivity contribution in [1.82, 2.24) is 4.57 Å². The summed E-state index contributed by atoms with van der Waals surface area (Å²) in [6.07, 6.45) is 2.27. The molecule has 0 aliphatic carbocycles. The first kappa shape index (κ1) is 10.5. The monoisotopic (exact) mass is 223 g/mol. The number of benzene rings is 1. The highest BCUT2D eigenvalue weighted by Crippen LogP contribution is 2.20. The van der Waals surface area contributed by atoms with Crippen molar-refractivity contribution >= 4 is 22.5 Å². The second-order valence-corrected chi connectivity index (χ2v) is 4.15. The van der Waals surface area contributed by atoms with Crippen LogP contribution in [0.5, 0.6) is 0 Å². The van der Waals surface area contributed by atoms with E-state index in [4.69, 9.17) is 16.3 Å². The number of halogens is 1. The highest BCUT2D eigenvalue weighted by atomic mass is 35.5. The molecule has 0 saturated heterocycles. The van der Waals surface area contributed by atoms with E-state index in [1.807, 2.05) is 18.2 Å². The van der Waals surface area contributed by atoms with Gasteiger partial charge in [0, 0.05) is 30.4 Å². The van der Waals surface area contributed by atoms with Crippen LogP contribution >= 0.6 is 11.6 Å². The molecule has 2 nitrogen and oxygen atoms in total. The molecule has 0 N–H and O–H groups in total. The Morgan fingerprint density at radius 1 is 1.40 bits per heavy atom. The van der Waals surface area contributed by atoms with E-state index in [9.17, 15) is 0 Å². The molecule has 1 unspecified atom stereocenters. The maximum absolute atomic E-state index is 5.97. The quantitative estimate of drug-likeness (QED) is 0.779. The van der Waals surface area contributed by atoms with Crippen molar-refractivity contribution in [3.8, 4) is 0 Å². The summed E-state index contributed by atoms with van der Waals surface area (Å²) in [5.74, 6) is 0. The van der Waals surface area contributed by atoms with Gasteiger partial charge in [0.2, 0.25) is 0 Å². The molecule has 0 aliphatic heterocycles. The number of methoxy groups -OCH3 is 1. The Morgan fingerprint density at radius 3 is 2.93 bits per heavy atom.